The molecule has 0 N–H and O–H groups in total. The molecule has 0 amide bonds. The first-order chi connectivity index (χ1) is 24.3. The molecule has 7 heteroatoms. The van der Waals surface area contributed by atoms with Crippen LogP contribution in [0.25, 0.3) is 21.5 Å². The summed E-state index contributed by atoms with van der Waals surface area (Å²) >= 11 is 0. The summed E-state index contributed by atoms with van der Waals surface area (Å²) in [6, 6.07) is 44.5. The van der Waals surface area contributed by atoms with Crippen LogP contribution in [0.4, 0.5) is 0 Å². The first kappa shape index (κ1) is 33.8. The molecule has 0 radical (unpaired) electrons. The molecule has 0 bridgehead atoms. The Labute approximate surface area is 287 Å². The maximum absolute atomic E-state index is 6.08. The SMILES string of the molecule is c1ccc(COc2cccc3cc(OCCOCCOCCOCCOc4ccc5c(OCc6ccccc6)cccc5c4)ccc23)cc1. The van der Waals surface area contributed by atoms with Crippen molar-refractivity contribution in [3.8, 4) is 23.0 Å². The average Bonchev–Trinajstić information content (AvgIpc) is 3.15. The zero-order valence-corrected chi connectivity index (χ0v) is 27.6. The van der Waals surface area contributed by atoms with Gasteiger partial charge >= 0.3 is 0 Å². The molecule has 252 valence electrons. The van der Waals surface area contributed by atoms with Gasteiger partial charge in [-0.1, -0.05) is 84.9 Å². The van der Waals surface area contributed by atoms with Gasteiger partial charge in [-0.15, -0.1) is 0 Å². The van der Waals surface area contributed by atoms with Crippen LogP contribution in [0.5, 0.6) is 23.0 Å². The molecule has 0 aromatic heterocycles. The van der Waals surface area contributed by atoms with E-state index in [1.54, 1.807) is 0 Å². The molecule has 6 aromatic rings. The van der Waals surface area contributed by atoms with E-state index in [0.29, 0.717) is 66.1 Å². The predicted octanol–water partition coefficient (Wildman–Crippen LogP) is 8.66. The maximum atomic E-state index is 6.08. The van der Waals surface area contributed by atoms with Crippen molar-refractivity contribution in [2.75, 3.05) is 52.9 Å². The molecule has 49 heavy (non-hydrogen) atoms. The summed E-state index contributed by atoms with van der Waals surface area (Å²) in [5, 5.41) is 4.25. The number of fused-ring (bicyclic) bond motifs is 2. The van der Waals surface area contributed by atoms with Crippen molar-refractivity contribution in [2.45, 2.75) is 13.2 Å². The van der Waals surface area contributed by atoms with E-state index in [0.717, 1.165) is 55.7 Å². The van der Waals surface area contributed by atoms with Crippen LogP contribution in [0.15, 0.2) is 133 Å². The number of hydrogen-bond acceptors (Lipinski definition) is 7. The second-order valence-electron chi connectivity index (χ2n) is 11.4. The van der Waals surface area contributed by atoms with E-state index >= 15 is 0 Å². The minimum absolute atomic E-state index is 0.458. The summed E-state index contributed by atoms with van der Waals surface area (Å²) in [5.74, 6) is 3.31. The summed E-state index contributed by atoms with van der Waals surface area (Å²) in [6.07, 6.45) is 0. The normalized spacial score (nSPS) is 11.1. The second kappa shape index (κ2) is 18.5. The van der Waals surface area contributed by atoms with E-state index in [1.165, 1.54) is 0 Å². The van der Waals surface area contributed by atoms with Crippen LogP contribution in [-0.4, -0.2) is 52.9 Å². The Hall–Kier alpha value is -5.08. The van der Waals surface area contributed by atoms with Crippen molar-refractivity contribution in [3.05, 3.63) is 145 Å². The molecule has 6 aromatic carbocycles. The second-order valence-corrected chi connectivity index (χ2v) is 11.4. The Morgan fingerprint density at radius 1 is 0.327 bits per heavy atom. The van der Waals surface area contributed by atoms with Crippen LogP contribution in [0.2, 0.25) is 0 Å². The van der Waals surface area contributed by atoms with Crippen molar-refractivity contribution >= 4 is 21.5 Å². The lowest BCUT2D eigenvalue weighted by Crippen LogP contribution is -2.14. The monoisotopic (exact) mass is 658 g/mol. The zero-order valence-electron chi connectivity index (χ0n) is 27.6. The van der Waals surface area contributed by atoms with Crippen LogP contribution in [-0.2, 0) is 27.4 Å². The van der Waals surface area contributed by atoms with Gasteiger partial charge in [-0.3, -0.25) is 0 Å². The van der Waals surface area contributed by atoms with E-state index in [1.807, 2.05) is 97.1 Å². The van der Waals surface area contributed by atoms with Crippen molar-refractivity contribution in [2.24, 2.45) is 0 Å². The highest BCUT2D eigenvalue weighted by Gasteiger charge is 2.06. The Balaban J connectivity index is 0.794. The minimum atomic E-state index is 0.458. The van der Waals surface area contributed by atoms with Crippen LogP contribution in [0.1, 0.15) is 11.1 Å². The van der Waals surface area contributed by atoms with E-state index in [-0.39, 0.29) is 0 Å². The molecule has 6 rings (SSSR count). The van der Waals surface area contributed by atoms with Gasteiger partial charge in [0, 0.05) is 10.8 Å². The average molecular weight is 659 g/mol. The van der Waals surface area contributed by atoms with Gasteiger partial charge in [0.25, 0.3) is 0 Å². The predicted molar refractivity (Wildman–Crippen MR) is 193 cm³/mol. The quantitative estimate of drug-likeness (QED) is 0.0761. The van der Waals surface area contributed by atoms with Crippen molar-refractivity contribution < 1.29 is 33.2 Å². The molecule has 0 heterocycles. The lowest BCUT2D eigenvalue weighted by molar-refractivity contribution is 0.00500. The standard InChI is InChI=1S/C42H42O7/c1-3-9-33(10-4-1)31-48-41-15-7-13-35-29-37(17-19-39(35)41)46-27-25-44-23-21-43-22-24-45-26-28-47-38-18-20-40-36(30-38)14-8-16-42(40)49-32-34-11-5-2-6-12-34/h1-20,29-30H,21-28,31-32H2. The van der Waals surface area contributed by atoms with Crippen LogP contribution in [0, 0.1) is 0 Å². The zero-order chi connectivity index (χ0) is 33.4. The number of benzene rings is 6. The van der Waals surface area contributed by atoms with Crippen molar-refractivity contribution in [1.29, 1.82) is 0 Å². The summed E-state index contributed by atoms with van der Waals surface area (Å²) in [6.45, 7) is 4.91. The highest BCUT2D eigenvalue weighted by atomic mass is 16.6. The van der Waals surface area contributed by atoms with Gasteiger partial charge < -0.3 is 33.2 Å². The number of rotatable bonds is 20. The molecule has 0 fully saturated rings. The summed E-state index contributed by atoms with van der Waals surface area (Å²) in [5.41, 5.74) is 2.27. The topological polar surface area (TPSA) is 64.6 Å². The highest BCUT2D eigenvalue weighted by molar-refractivity contribution is 5.90. The fraction of sp³-hybridized carbons (Fsp3) is 0.238. The molecule has 0 saturated heterocycles. The Morgan fingerprint density at radius 3 is 1.16 bits per heavy atom. The summed E-state index contributed by atoms with van der Waals surface area (Å²) in [4.78, 5) is 0. The smallest absolute Gasteiger partial charge is 0.127 e. The van der Waals surface area contributed by atoms with Crippen LogP contribution in [0.3, 0.4) is 0 Å². The van der Waals surface area contributed by atoms with Gasteiger partial charge in [-0.05, 0) is 70.4 Å². The lowest BCUT2D eigenvalue weighted by atomic mass is 10.1. The highest BCUT2D eigenvalue weighted by Crippen LogP contribution is 2.30. The summed E-state index contributed by atoms with van der Waals surface area (Å²) < 4.78 is 40.9. The lowest BCUT2D eigenvalue weighted by Gasteiger charge is -2.12. The van der Waals surface area contributed by atoms with Gasteiger partial charge in [0.1, 0.15) is 49.4 Å². The Bertz CT molecular complexity index is 1720. The van der Waals surface area contributed by atoms with Gasteiger partial charge in [0.15, 0.2) is 0 Å². The van der Waals surface area contributed by atoms with E-state index in [9.17, 15) is 0 Å². The summed E-state index contributed by atoms with van der Waals surface area (Å²) in [7, 11) is 0. The third-order valence-electron chi connectivity index (χ3n) is 7.83. The molecular weight excluding hydrogens is 616 g/mol. The molecule has 0 aliphatic heterocycles. The van der Waals surface area contributed by atoms with Gasteiger partial charge in [0.05, 0.1) is 39.6 Å². The van der Waals surface area contributed by atoms with E-state index in [4.69, 9.17) is 33.2 Å². The molecular formula is C42H42O7. The van der Waals surface area contributed by atoms with Crippen molar-refractivity contribution in [1.82, 2.24) is 0 Å². The number of ether oxygens (including phenoxy) is 7. The third-order valence-corrected chi connectivity index (χ3v) is 7.83. The Morgan fingerprint density at radius 2 is 0.735 bits per heavy atom. The van der Waals surface area contributed by atoms with Gasteiger partial charge in [0.2, 0.25) is 0 Å². The maximum Gasteiger partial charge on any atom is 0.127 e. The largest absolute Gasteiger partial charge is 0.491 e. The fourth-order valence-corrected chi connectivity index (χ4v) is 5.34. The third kappa shape index (κ3) is 10.5. The minimum Gasteiger partial charge on any atom is -0.491 e. The van der Waals surface area contributed by atoms with E-state index < -0.39 is 0 Å². The van der Waals surface area contributed by atoms with Crippen molar-refractivity contribution in [3.63, 3.8) is 0 Å². The molecule has 0 unspecified atom stereocenters. The van der Waals surface area contributed by atoms with Crippen LogP contribution < -0.4 is 18.9 Å². The first-order valence-corrected chi connectivity index (χ1v) is 16.7. The Kier molecular flexibility index (Phi) is 12.7. The van der Waals surface area contributed by atoms with Gasteiger partial charge in [-0.2, -0.15) is 0 Å². The molecule has 0 spiro atoms. The molecule has 0 aliphatic rings. The fourth-order valence-electron chi connectivity index (χ4n) is 5.34. The first-order valence-electron chi connectivity index (χ1n) is 16.7. The molecule has 0 aliphatic carbocycles. The molecule has 0 saturated carbocycles. The van der Waals surface area contributed by atoms with Gasteiger partial charge in [-0.25, -0.2) is 0 Å². The van der Waals surface area contributed by atoms with Crippen LogP contribution >= 0.6 is 0 Å². The number of hydrogen-bond donors (Lipinski definition) is 0. The molecule has 0 atom stereocenters. The molecule has 7 nitrogen and oxygen atoms in total. The van der Waals surface area contributed by atoms with E-state index in [2.05, 4.69) is 36.4 Å².